The van der Waals surface area contributed by atoms with Crippen LogP contribution in [0.4, 0.5) is 0 Å². The van der Waals surface area contributed by atoms with Crippen LogP contribution in [-0.4, -0.2) is 24.0 Å². The van der Waals surface area contributed by atoms with E-state index in [1.54, 1.807) is 6.08 Å². The molecular weight excluding hydrogens is 386 g/mol. The Morgan fingerprint density at radius 3 is 2.48 bits per heavy atom. The summed E-state index contributed by atoms with van der Waals surface area (Å²) in [6.45, 7) is 8.15. The van der Waals surface area contributed by atoms with Crippen LogP contribution in [0, 0.1) is 0 Å². The SMILES string of the molecule is CCCC1C(=O)C=Cc2c1oc1cc(=[N+](CC)CC)ccc-1c2-c1ccccc1CO. The van der Waals surface area contributed by atoms with Crippen molar-refractivity contribution < 1.29 is 14.3 Å². The van der Waals surface area contributed by atoms with Crippen LogP contribution in [-0.2, 0) is 11.4 Å². The van der Waals surface area contributed by atoms with E-state index in [0.717, 1.165) is 70.6 Å². The number of hydrogen-bond acceptors (Lipinski definition) is 3. The number of nitrogens with zero attached hydrogens (tertiary/aromatic N) is 1. The van der Waals surface area contributed by atoms with Crippen molar-refractivity contribution in [1.82, 2.24) is 4.58 Å². The molecule has 3 aliphatic rings. The Morgan fingerprint density at radius 1 is 1.00 bits per heavy atom. The molecule has 1 N–H and O–H groups in total. The number of carbonyl (C=O) groups is 1. The monoisotopic (exact) mass is 416 g/mol. The van der Waals surface area contributed by atoms with E-state index >= 15 is 0 Å². The molecule has 2 aliphatic carbocycles. The standard InChI is InChI=1S/C27H30NO3/c1-4-9-21-24(30)15-14-23-26(20-11-8-7-10-18(20)17-29)22-13-12-19(28(5-2)6-3)16-25(22)31-27(21)23/h7-8,10-16,21,29H,4-6,9,17H2,1-3H3/q+1. The first-order valence-electron chi connectivity index (χ1n) is 11.2. The van der Waals surface area contributed by atoms with Gasteiger partial charge in [-0.1, -0.05) is 37.6 Å². The van der Waals surface area contributed by atoms with Gasteiger partial charge in [-0.3, -0.25) is 4.79 Å². The summed E-state index contributed by atoms with van der Waals surface area (Å²) in [6.07, 6.45) is 5.22. The summed E-state index contributed by atoms with van der Waals surface area (Å²) in [5.41, 5.74) is 4.80. The van der Waals surface area contributed by atoms with E-state index in [0.29, 0.717) is 0 Å². The van der Waals surface area contributed by atoms with E-state index in [1.165, 1.54) is 0 Å². The molecule has 1 heterocycles. The van der Waals surface area contributed by atoms with Crippen LogP contribution in [0.1, 0.15) is 56.4 Å². The molecular formula is C27H30NO3+. The van der Waals surface area contributed by atoms with Crippen LogP contribution in [0.25, 0.3) is 28.5 Å². The molecule has 1 unspecified atom stereocenters. The Labute approximate surface area is 183 Å². The molecule has 31 heavy (non-hydrogen) atoms. The van der Waals surface area contributed by atoms with Crippen molar-refractivity contribution >= 4 is 11.9 Å². The van der Waals surface area contributed by atoms with Crippen LogP contribution in [0.3, 0.4) is 0 Å². The summed E-state index contributed by atoms with van der Waals surface area (Å²) < 4.78 is 8.76. The first-order chi connectivity index (χ1) is 15.1. The largest absolute Gasteiger partial charge is 0.459 e. The fraction of sp³-hybridized carbons (Fsp3) is 0.333. The maximum absolute atomic E-state index is 12.7. The summed E-state index contributed by atoms with van der Waals surface area (Å²) in [5, 5.41) is 11.1. The molecule has 1 atom stereocenters. The molecule has 0 aromatic heterocycles. The van der Waals surface area contributed by atoms with Crippen LogP contribution in [0.15, 0.2) is 53.0 Å². The average Bonchev–Trinajstić information content (AvgIpc) is 2.80. The van der Waals surface area contributed by atoms with Gasteiger partial charge in [0.25, 0.3) is 0 Å². The summed E-state index contributed by atoms with van der Waals surface area (Å²) in [6, 6.07) is 14.2. The van der Waals surface area contributed by atoms with Gasteiger partial charge in [0, 0.05) is 22.8 Å². The number of fused-ring (bicyclic) bond motifs is 2. The van der Waals surface area contributed by atoms with Gasteiger partial charge in [0.2, 0.25) is 5.36 Å². The van der Waals surface area contributed by atoms with Crippen LogP contribution in [0.5, 0.6) is 0 Å². The zero-order chi connectivity index (χ0) is 22.0. The predicted octanol–water partition coefficient (Wildman–Crippen LogP) is 4.84. The molecule has 0 spiro atoms. The Morgan fingerprint density at radius 2 is 1.77 bits per heavy atom. The van der Waals surface area contributed by atoms with Gasteiger partial charge >= 0.3 is 0 Å². The minimum absolute atomic E-state index is 0.0446. The topological polar surface area (TPSA) is 53.5 Å². The lowest BCUT2D eigenvalue weighted by molar-refractivity contribution is -0.116. The van der Waals surface area contributed by atoms with Crippen molar-refractivity contribution in [3.8, 4) is 22.5 Å². The minimum atomic E-state index is -0.272. The maximum Gasteiger partial charge on any atom is 0.203 e. The average molecular weight is 417 g/mol. The second-order valence-electron chi connectivity index (χ2n) is 8.00. The van der Waals surface area contributed by atoms with Gasteiger partial charge in [-0.25, -0.2) is 4.58 Å². The number of aliphatic hydroxyl groups excluding tert-OH is 1. The zero-order valence-corrected chi connectivity index (χ0v) is 18.5. The molecule has 0 saturated heterocycles. The summed E-state index contributed by atoms with van der Waals surface area (Å²) in [7, 11) is 0. The second kappa shape index (κ2) is 9.03. The van der Waals surface area contributed by atoms with E-state index in [-0.39, 0.29) is 18.3 Å². The number of hydrogen-bond donors (Lipinski definition) is 1. The third kappa shape index (κ3) is 3.77. The van der Waals surface area contributed by atoms with Crippen LogP contribution >= 0.6 is 0 Å². The van der Waals surface area contributed by atoms with Gasteiger partial charge in [-0.15, -0.1) is 0 Å². The number of ketones is 1. The molecule has 4 heteroatoms. The fourth-order valence-electron chi connectivity index (χ4n) is 4.62. The van der Waals surface area contributed by atoms with E-state index < -0.39 is 0 Å². The van der Waals surface area contributed by atoms with Crippen molar-refractivity contribution in [2.45, 2.75) is 46.1 Å². The summed E-state index contributed by atoms with van der Waals surface area (Å²) in [5.74, 6) is 1.33. The Kier molecular flexibility index (Phi) is 6.19. The van der Waals surface area contributed by atoms with Gasteiger partial charge in [0.15, 0.2) is 5.78 Å². The van der Waals surface area contributed by atoms with Gasteiger partial charge in [-0.2, -0.15) is 0 Å². The second-order valence-corrected chi connectivity index (χ2v) is 8.00. The van der Waals surface area contributed by atoms with Gasteiger partial charge < -0.3 is 9.52 Å². The molecule has 1 aromatic carbocycles. The lowest BCUT2D eigenvalue weighted by Crippen LogP contribution is -2.29. The maximum atomic E-state index is 12.7. The molecule has 0 saturated carbocycles. The summed E-state index contributed by atoms with van der Waals surface area (Å²) in [4.78, 5) is 12.7. The predicted molar refractivity (Wildman–Crippen MR) is 125 cm³/mol. The van der Waals surface area contributed by atoms with E-state index in [9.17, 15) is 9.90 Å². The molecule has 1 aromatic rings. The molecule has 0 bridgehead atoms. The molecule has 0 amide bonds. The molecule has 0 fully saturated rings. The smallest absolute Gasteiger partial charge is 0.203 e. The minimum Gasteiger partial charge on any atom is -0.459 e. The molecule has 1 aliphatic heterocycles. The van der Waals surface area contributed by atoms with Crippen molar-refractivity contribution in [2.24, 2.45) is 0 Å². The highest BCUT2D eigenvalue weighted by molar-refractivity contribution is 6.04. The lowest BCUT2D eigenvalue weighted by Gasteiger charge is -2.25. The highest BCUT2D eigenvalue weighted by atomic mass is 16.3. The number of rotatable bonds is 6. The van der Waals surface area contributed by atoms with Gasteiger partial charge in [-0.05, 0) is 49.6 Å². The molecule has 4 nitrogen and oxygen atoms in total. The first kappa shape index (κ1) is 21.3. The van der Waals surface area contributed by atoms with Crippen molar-refractivity contribution in [1.29, 1.82) is 0 Å². The Bertz CT molecular complexity index is 1180. The Balaban J connectivity index is 2.12. The van der Waals surface area contributed by atoms with Crippen molar-refractivity contribution in [3.63, 3.8) is 0 Å². The Hall–Kier alpha value is -2.98. The quantitative estimate of drug-likeness (QED) is 0.585. The van der Waals surface area contributed by atoms with Crippen LogP contribution < -0.4 is 9.93 Å². The first-order valence-corrected chi connectivity index (χ1v) is 11.2. The number of allylic oxidation sites excluding steroid dienone is 1. The molecule has 160 valence electrons. The number of aliphatic hydroxyl groups is 1. The van der Waals surface area contributed by atoms with E-state index in [1.807, 2.05) is 30.3 Å². The summed E-state index contributed by atoms with van der Waals surface area (Å²) >= 11 is 0. The van der Waals surface area contributed by atoms with Crippen molar-refractivity contribution in [3.05, 3.63) is 70.8 Å². The molecule has 4 rings (SSSR count). The number of benzene rings is 2. The lowest BCUT2D eigenvalue weighted by atomic mass is 9.82. The van der Waals surface area contributed by atoms with Gasteiger partial charge in [0.1, 0.15) is 24.6 Å². The zero-order valence-electron chi connectivity index (χ0n) is 18.5. The normalized spacial score (nSPS) is 15.4. The fourth-order valence-corrected chi connectivity index (χ4v) is 4.62. The molecule has 0 radical (unpaired) electrons. The van der Waals surface area contributed by atoms with Crippen LogP contribution in [0.2, 0.25) is 0 Å². The van der Waals surface area contributed by atoms with Crippen molar-refractivity contribution in [2.75, 3.05) is 13.1 Å². The van der Waals surface area contributed by atoms with E-state index in [2.05, 4.69) is 43.5 Å². The van der Waals surface area contributed by atoms with Gasteiger partial charge in [0.05, 0.1) is 18.6 Å². The third-order valence-electron chi connectivity index (χ3n) is 6.23. The number of carbonyl (C=O) groups excluding carboxylic acids is 1. The third-order valence-corrected chi connectivity index (χ3v) is 6.23. The highest BCUT2D eigenvalue weighted by Gasteiger charge is 2.31. The highest BCUT2D eigenvalue weighted by Crippen LogP contribution is 2.44. The van der Waals surface area contributed by atoms with E-state index in [4.69, 9.17) is 4.42 Å².